The molecule has 2 heterocycles. The van der Waals surface area contributed by atoms with Crippen LogP contribution in [0.25, 0.3) is 0 Å². The number of amides is 2. The predicted octanol–water partition coefficient (Wildman–Crippen LogP) is 2.78. The third-order valence-electron chi connectivity index (χ3n) is 4.17. The van der Waals surface area contributed by atoms with Crippen molar-refractivity contribution in [3.8, 4) is 0 Å². The fraction of sp³-hybridized carbons (Fsp3) is 0.316. The number of nitrogens with one attached hydrogen (secondary N) is 3. The Bertz CT molecular complexity index is 839. The maximum atomic E-state index is 12.1. The minimum absolute atomic E-state index is 0.132. The Morgan fingerprint density at radius 2 is 2.12 bits per heavy atom. The molecule has 0 bridgehead atoms. The summed E-state index contributed by atoms with van der Waals surface area (Å²) in [6.07, 6.45) is 4.61. The van der Waals surface area contributed by atoms with E-state index in [1.807, 2.05) is 49.0 Å². The van der Waals surface area contributed by atoms with E-state index in [1.165, 1.54) is 5.56 Å². The van der Waals surface area contributed by atoms with Gasteiger partial charge in [0.25, 0.3) is 0 Å². The molecule has 7 heteroatoms. The van der Waals surface area contributed by atoms with Crippen LogP contribution < -0.4 is 10.6 Å². The van der Waals surface area contributed by atoms with Crippen molar-refractivity contribution in [1.82, 2.24) is 30.6 Å². The number of nitrogens with zero attached hydrogens (tertiary/aromatic N) is 3. The Morgan fingerprint density at radius 3 is 2.85 bits per heavy atom. The molecule has 2 aromatic heterocycles. The van der Waals surface area contributed by atoms with Crippen molar-refractivity contribution in [2.45, 2.75) is 39.4 Å². The number of benzene rings is 1. The molecule has 0 radical (unpaired) electrons. The Labute approximate surface area is 152 Å². The van der Waals surface area contributed by atoms with Gasteiger partial charge in [0.2, 0.25) is 0 Å². The van der Waals surface area contributed by atoms with Gasteiger partial charge in [0.1, 0.15) is 0 Å². The molecule has 0 unspecified atom stereocenters. The summed E-state index contributed by atoms with van der Waals surface area (Å²) in [5, 5.41) is 17.2. The monoisotopic (exact) mass is 352 g/mol. The summed E-state index contributed by atoms with van der Waals surface area (Å²) in [7, 11) is 0. The lowest BCUT2D eigenvalue weighted by Gasteiger charge is -2.12. The zero-order valence-corrected chi connectivity index (χ0v) is 15.1. The zero-order chi connectivity index (χ0) is 18.4. The highest BCUT2D eigenvalue weighted by Crippen LogP contribution is 2.12. The van der Waals surface area contributed by atoms with Gasteiger partial charge >= 0.3 is 6.03 Å². The summed E-state index contributed by atoms with van der Waals surface area (Å²) in [6, 6.07) is 11.8. The molecule has 26 heavy (non-hydrogen) atoms. The zero-order valence-electron chi connectivity index (χ0n) is 15.1. The van der Waals surface area contributed by atoms with E-state index in [0.717, 1.165) is 23.4 Å². The van der Waals surface area contributed by atoms with Crippen LogP contribution in [-0.4, -0.2) is 26.0 Å². The van der Waals surface area contributed by atoms with E-state index in [2.05, 4.69) is 38.1 Å². The molecule has 1 atom stereocenters. The SMILES string of the molecule is CCc1cc(CNC(=O)N[C@@H](C)c2cnn(Cc3ccccc3)c2)[nH]n1. The molecule has 136 valence electrons. The summed E-state index contributed by atoms with van der Waals surface area (Å²) in [5.74, 6) is 0. The number of H-pyrrole nitrogens is 1. The Morgan fingerprint density at radius 1 is 1.31 bits per heavy atom. The van der Waals surface area contributed by atoms with E-state index in [1.54, 1.807) is 6.20 Å². The molecular weight excluding hydrogens is 328 g/mol. The molecule has 2 amide bonds. The Hall–Kier alpha value is -3.09. The maximum Gasteiger partial charge on any atom is 0.315 e. The fourth-order valence-corrected chi connectivity index (χ4v) is 2.65. The van der Waals surface area contributed by atoms with Gasteiger partial charge < -0.3 is 10.6 Å². The fourth-order valence-electron chi connectivity index (χ4n) is 2.65. The van der Waals surface area contributed by atoms with Gasteiger partial charge in [0.15, 0.2) is 0 Å². The van der Waals surface area contributed by atoms with Gasteiger partial charge in [-0.1, -0.05) is 37.3 Å². The second-order valence-electron chi connectivity index (χ2n) is 6.24. The number of aromatic nitrogens is 4. The number of carbonyl (C=O) groups excluding carboxylic acids is 1. The van der Waals surface area contributed by atoms with Crippen molar-refractivity contribution in [3.05, 3.63) is 71.3 Å². The highest BCUT2D eigenvalue weighted by molar-refractivity contribution is 5.74. The third-order valence-corrected chi connectivity index (χ3v) is 4.17. The molecule has 0 saturated carbocycles. The Kier molecular flexibility index (Phi) is 5.68. The number of hydrogen-bond donors (Lipinski definition) is 3. The van der Waals surface area contributed by atoms with Crippen molar-refractivity contribution >= 4 is 6.03 Å². The van der Waals surface area contributed by atoms with Crippen molar-refractivity contribution in [1.29, 1.82) is 0 Å². The number of hydrogen-bond acceptors (Lipinski definition) is 3. The predicted molar refractivity (Wildman–Crippen MR) is 99.5 cm³/mol. The highest BCUT2D eigenvalue weighted by Gasteiger charge is 2.12. The first kappa shape index (κ1) is 17.7. The lowest BCUT2D eigenvalue weighted by atomic mass is 10.2. The highest BCUT2D eigenvalue weighted by atomic mass is 16.2. The number of aryl methyl sites for hydroxylation is 1. The summed E-state index contributed by atoms with van der Waals surface area (Å²) in [6.45, 7) is 5.10. The number of carbonyl (C=O) groups is 1. The molecular formula is C19H24N6O. The largest absolute Gasteiger partial charge is 0.333 e. The second kappa shape index (κ2) is 8.33. The maximum absolute atomic E-state index is 12.1. The number of urea groups is 1. The smallest absolute Gasteiger partial charge is 0.315 e. The van der Waals surface area contributed by atoms with Crippen LogP contribution in [0.3, 0.4) is 0 Å². The van der Waals surface area contributed by atoms with Crippen LogP contribution in [-0.2, 0) is 19.5 Å². The average Bonchev–Trinajstić information content (AvgIpc) is 3.30. The molecule has 0 aliphatic heterocycles. The lowest BCUT2D eigenvalue weighted by Crippen LogP contribution is -2.36. The molecule has 0 aliphatic rings. The molecule has 1 aromatic carbocycles. The van der Waals surface area contributed by atoms with E-state index < -0.39 is 0 Å². The quantitative estimate of drug-likeness (QED) is 0.611. The van der Waals surface area contributed by atoms with Crippen LogP contribution >= 0.6 is 0 Å². The third kappa shape index (κ3) is 4.72. The average molecular weight is 352 g/mol. The normalized spacial score (nSPS) is 11.9. The minimum Gasteiger partial charge on any atom is -0.333 e. The summed E-state index contributed by atoms with van der Waals surface area (Å²) in [5.41, 5.74) is 4.03. The lowest BCUT2D eigenvalue weighted by molar-refractivity contribution is 0.237. The van der Waals surface area contributed by atoms with Gasteiger partial charge in [-0.15, -0.1) is 0 Å². The first-order chi connectivity index (χ1) is 12.6. The van der Waals surface area contributed by atoms with E-state index >= 15 is 0 Å². The molecule has 0 aliphatic carbocycles. The van der Waals surface area contributed by atoms with Crippen molar-refractivity contribution in [3.63, 3.8) is 0 Å². The van der Waals surface area contributed by atoms with Crippen LogP contribution in [0, 0.1) is 0 Å². The van der Waals surface area contributed by atoms with Crippen LogP contribution in [0.5, 0.6) is 0 Å². The molecule has 0 saturated heterocycles. The van der Waals surface area contributed by atoms with Crippen LogP contribution in [0.15, 0.2) is 48.8 Å². The van der Waals surface area contributed by atoms with Gasteiger partial charge in [-0.3, -0.25) is 9.78 Å². The van der Waals surface area contributed by atoms with Crippen LogP contribution in [0.4, 0.5) is 4.79 Å². The molecule has 3 N–H and O–H groups in total. The van der Waals surface area contributed by atoms with E-state index in [9.17, 15) is 4.79 Å². The van der Waals surface area contributed by atoms with E-state index in [-0.39, 0.29) is 12.1 Å². The second-order valence-corrected chi connectivity index (χ2v) is 6.24. The van der Waals surface area contributed by atoms with Crippen molar-refractivity contribution < 1.29 is 4.79 Å². The molecule has 0 fully saturated rings. The number of aromatic amines is 1. The van der Waals surface area contributed by atoms with Gasteiger partial charge in [-0.05, 0) is 25.0 Å². The first-order valence-corrected chi connectivity index (χ1v) is 8.78. The minimum atomic E-state index is -0.221. The molecule has 0 spiro atoms. The van der Waals surface area contributed by atoms with Crippen molar-refractivity contribution in [2.75, 3.05) is 0 Å². The summed E-state index contributed by atoms with van der Waals surface area (Å²) >= 11 is 0. The topological polar surface area (TPSA) is 87.6 Å². The number of rotatable bonds is 7. The van der Waals surface area contributed by atoms with Gasteiger partial charge in [0, 0.05) is 11.8 Å². The molecule has 7 nitrogen and oxygen atoms in total. The van der Waals surface area contributed by atoms with Gasteiger partial charge in [-0.2, -0.15) is 10.2 Å². The first-order valence-electron chi connectivity index (χ1n) is 8.78. The van der Waals surface area contributed by atoms with Gasteiger partial charge in [-0.25, -0.2) is 4.79 Å². The van der Waals surface area contributed by atoms with Gasteiger partial charge in [0.05, 0.1) is 36.7 Å². The molecule has 3 rings (SSSR count). The van der Waals surface area contributed by atoms with Crippen molar-refractivity contribution in [2.24, 2.45) is 0 Å². The molecule has 3 aromatic rings. The van der Waals surface area contributed by atoms with Crippen LogP contribution in [0.2, 0.25) is 0 Å². The summed E-state index contributed by atoms with van der Waals surface area (Å²) in [4.78, 5) is 12.1. The van der Waals surface area contributed by atoms with E-state index in [4.69, 9.17) is 0 Å². The van der Waals surface area contributed by atoms with E-state index in [0.29, 0.717) is 13.1 Å². The standard InChI is InChI=1S/C19H24N6O/c1-3-17-9-18(24-23-17)11-20-19(26)22-14(2)16-10-21-25(13-16)12-15-7-5-4-6-8-15/h4-10,13-14H,3,11-12H2,1-2H3,(H,23,24)(H2,20,22,26)/t14-/m0/s1. The Balaban J connectivity index is 1.49. The summed E-state index contributed by atoms with van der Waals surface area (Å²) < 4.78 is 1.87. The van der Waals surface area contributed by atoms with Crippen LogP contribution in [0.1, 0.15) is 42.4 Å².